The van der Waals surface area contributed by atoms with Crippen molar-refractivity contribution in [2.75, 3.05) is 18.4 Å². The molecule has 0 bridgehead atoms. The standard InChI is InChI=1S/C20H30N4O2.2ClH/c25-19(24-26)10-8-17-7-9-18(22-14-17)23-20(11-12-21-15-20)13-16-5-3-1-2-4-6-16;;/h7-10,14,16,21,26H,1-6,11-13,15H2,(H,22,23)(H,24,25);2*1H/b10-8+;;/t20-;;/m0../s1. The van der Waals surface area contributed by atoms with Gasteiger partial charge < -0.3 is 10.6 Å². The number of hydrogen-bond acceptors (Lipinski definition) is 5. The Balaban J connectivity index is 0.00000196. The molecule has 8 heteroatoms. The van der Waals surface area contributed by atoms with Crippen molar-refractivity contribution in [2.45, 2.75) is 56.9 Å². The highest BCUT2D eigenvalue weighted by Gasteiger charge is 2.36. The van der Waals surface area contributed by atoms with Crippen LogP contribution < -0.4 is 16.1 Å². The first-order valence-corrected chi connectivity index (χ1v) is 9.76. The van der Waals surface area contributed by atoms with Crippen molar-refractivity contribution < 1.29 is 10.0 Å². The SMILES string of the molecule is Cl.Cl.O=C(/C=C/c1ccc(N[C@]2(CC3CCCCCC3)CCNC2)nc1)NO. The van der Waals surface area contributed by atoms with Crippen molar-refractivity contribution in [3.8, 4) is 0 Å². The molecule has 1 aliphatic heterocycles. The molecule has 0 unspecified atom stereocenters. The topological polar surface area (TPSA) is 86.3 Å². The largest absolute Gasteiger partial charge is 0.363 e. The molecule has 2 heterocycles. The van der Waals surface area contributed by atoms with Crippen LogP contribution in [0, 0.1) is 5.92 Å². The van der Waals surface area contributed by atoms with E-state index in [0.29, 0.717) is 0 Å². The summed E-state index contributed by atoms with van der Waals surface area (Å²) in [6, 6.07) is 3.89. The number of nitrogens with one attached hydrogen (secondary N) is 3. The highest BCUT2D eigenvalue weighted by molar-refractivity contribution is 5.90. The quantitative estimate of drug-likeness (QED) is 0.237. The molecule has 1 aromatic rings. The van der Waals surface area contributed by atoms with Crippen LogP contribution in [0.4, 0.5) is 5.82 Å². The average molecular weight is 431 g/mol. The maximum absolute atomic E-state index is 11.1. The van der Waals surface area contributed by atoms with Gasteiger partial charge >= 0.3 is 0 Å². The molecule has 2 aliphatic rings. The summed E-state index contributed by atoms with van der Waals surface area (Å²) in [5.74, 6) is 1.14. The van der Waals surface area contributed by atoms with Crippen molar-refractivity contribution in [2.24, 2.45) is 5.92 Å². The van der Waals surface area contributed by atoms with Crippen molar-refractivity contribution >= 4 is 42.6 Å². The summed E-state index contributed by atoms with van der Waals surface area (Å²) in [6.07, 6.45) is 15.2. The van der Waals surface area contributed by atoms with E-state index >= 15 is 0 Å². The van der Waals surface area contributed by atoms with Gasteiger partial charge in [-0.25, -0.2) is 10.5 Å². The van der Waals surface area contributed by atoms with E-state index in [-0.39, 0.29) is 30.4 Å². The second-order valence-corrected chi connectivity index (χ2v) is 7.68. The van der Waals surface area contributed by atoms with E-state index in [4.69, 9.17) is 5.21 Å². The zero-order valence-corrected chi connectivity index (χ0v) is 17.8. The van der Waals surface area contributed by atoms with Gasteiger partial charge in [0.15, 0.2) is 0 Å². The Morgan fingerprint density at radius 1 is 1.25 bits per heavy atom. The minimum Gasteiger partial charge on any atom is -0.363 e. The predicted molar refractivity (Wildman–Crippen MR) is 117 cm³/mol. The molecule has 1 atom stereocenters. The van der Waals surface area contributed by atoms with Crippen LogP contribution in [0.2, 0.25) is 0 Å². The molecule has 2 fully saturated rings. The second kappa shape index (κ2) is 12.3. The van der Waals surface area contributed by atoms with Gasteiger partial charge in [-0.2, -0.15) is 0 Å². The maximum atomic E-state index is 11.1. The summed E-state index contributed by atoms with van der Waals surface area (Å²) in [6.45, 7) is 2.04. The highest BCUT2D eigenvalue weighted by Crippen LogP contribution is 2.34. The lowest BCUT2D eigenvalue weighted by Crippen LogP contribution is -2.42. The van der Waals surface area contributed by atoms with E-state index in [2.05, 4.69) is 15.6 Å². The van der Waals surface area contributed by atoms with Gasteiger partial charge in [0.05, 0.1) is 5.54 Å². The minimum absolute atomic E-state index is 0. The molecular formula is C20H32Cl2N4O2. The number of halogens is 2. The normalized spacial score (nSPS) is 22.8. The number of hydroxylamine groups is 1. The van der Waals surface area contributed by atoms with Gasteiger partial charge in [-0.15, -0.1) is 24.8 Å². The molecule has 0 spiro atoms. The first-order valence-electron chi connectivity index (χ1n) is 9.76. The van der Waals surface area contributed by atoms with E-state index in [9.17, 15) is 4.79 Å². The molecule has 1 amide bonds. The van der Waals surface area contributed by atoms with E-state index in [1.807, 2.05) is 12.1 Å². The molecule has 1 aromatic heterocycles. The molecule has 3 rings (SSSR count). The summed E-state index contributed by atoms with van der Waals surface area (Å²) in [4.78, 5) is 15.6. The Hall–Kier alpha value is -1.34. The van der Waals surface area contributed by atoms with Crippen LogP contribution in [0.3, 0.4) is 0 Å². The monoisotopic (exact) mass is 430 g/mol. The number of aromatic nitrogens is 1. The van der Waals surface area contributed by atoms with E-state index in [0.717, 1.165) is 36.8 Å². The lowest BCUT2D eigenvalue weighted by Gasteiger charge is -2.34. The number of amides is 1. The number of carbonyl (C=O) groups is 1. The molecule has 28 heavy (non-hydrogen) atoms. The van der Waals surface area contributed by atoms with Gasteiger partial charge in [-0.05, 0) is 49.1 Å². The average Bonchev–Trinajstić information content (AvgIpc) is 2.95. The summed E-state index contributed by atoms with van der Waals surface area (Å²) in [7, 11) is 0. The van der Waals surface area contributed by atoms with Crippen molar-refractivity contribution in [1.82, 2.24) is 15.8 Å². The zero-order chi connectivity index (χ0) is 18.2. The predicted octanol–water partition coefficient (Wildman–Crippen LogP) is 3.95. The molecular weight excluding hydrogens is 399 g/mol. The summed E-state index contributed by atoms with van der Waals surface area (Å²) < 4.78 is 0. The fourth-order valence-electron chi connectivity index (χ4n) is 4.25. The molecule has 1 saturated carbocycles. The fraction of sp³-hybridized carbons (Fsp3) is 0.600. The van der Waals surface area contributed by atoms with E-state index in [1.165, 1.54) is 51.0 Å². The number of rotatable bonds is 6. The molecule has 158 valence electrons. The molecule has 4 N–H and O–H groups in total. The summed E-state index contributed by atoms with van der Waals surface area (Å²) >= 11 is 0. The number of carbonyl (C=O) groups excluding carboxylic acids is 1. The number of anilines is 1. The zero-order valence-electron chi connectivity index (χ0n) is 16.2. The summed E-state index contributed by atoms with van der Waals surface area (Å²) in [5.41, 5.74) is 2.49. The van der Waals surface area contributed by atoms with Crippen molar-refractivity contribution in [3.05, 3.63) is 30.0 Å². The third kappa shape index (κ3) is 7.24. The van der Waals surface area contributed by atoms with Gasteiger partial charge in [0.2, 0.25) is 0 Å². The molecule has 0 radical (unpaired) electrons. The van der Waals surface area contributed by atoms with Crippen LogP contribution >= 0.6 is 24.8 Å². The third-order valence-electron chi connectivity index (χ3n) is 5.61. The van der Waals surface area contributed by atoms with Crippen LogP contribution in [0.25, 0.3) is 6.08 Å². The Labute approximate surface area is 179 Å². The van der Waals surface area contributed by atoms with Crippen LogP contribution in [-0.4, -0.2) is 34.7 Å². The van der Waals surface area contributed by atoms with Gasteiger partial charge in [0, 0.05) is 18.8 Å². The maximum Gasteiger partial charge on any atom is 0.267 e. The molecule has 1 saturated heterocycles. The van der Waals surface area contributed by atoms with Crippen LogP contribution in [0.15, 0.2) is 24.4 Å². The molecule has 0 aromatic carbocycles. The van der Waals surface area contributed by atoms with Crippen LogP contribution in [0.1, 0.15) is 56.9 Å². The third-order valence-corrected chi connectivity index (χ3v) is 5.61. The lowest BCUT2D eigenvalue weighted by molar-refractivity contribution is -0.124. The van der Waals surface area contributed by atoms with Crippen LogP contribution in [0.5, 0.6) is 0 Å². The first-order chi connectivity index (χ1) is 12.7. The van der Waals surface area contributed by atoms with Gasteiger partial charge in [-0.3, -0.25) is 10.0 Å². The van der Waals surface area contributed by atoms with Crippen LogP contribution in [-0.2, 0) is 4.79 Å². The first kappa shape index (κ1) is 24.7. The lowest BCUT2D eigenvalue weighted by atomic mass is 9.83. The van der Waals surface area contributed by atoms with Crippen molar-refractivity contribution in [3.63, 3.8) is 0 Å². The Morgan fingerprint density at radius 2 is 2.00 bits per heavy atom. The van der Waals surface area contributed by atoms with E-state index in [1.54, 1.807) is 17.8 Å². The van der Waals surface area contributed by atoms with E-state index < -0.39 is 5.91 Å². The Kier molecular flexibility index (Phi) is 10.8. The van der Waals surface area contributed by atoms with Gasteiger partial charge in [0.1, 0.15) is 5.82 Å². The number of hydrogen-bond donors (Lipinski definition) is 4. The Morgan fingerprint density at radius 3 is 2.57 bits per heavy atom. The number of pyridine rings is 1. The fourth-order valence-corrected chi connectivity index (χ4v) is 4.25. The minimum atomic E-state index is -0.549. The Bertz CT molecular complexity index is 611. The van der Waals surface area contributed by atoms with Gasteiger partial charge in [-0.1, -0.05) is 38.5 Å². The smallest absolute Gasteiger partial charge is 0.267 e. The van der Waals surface area contributed by atoms with Crippen molar-refractivity contribution in [1.29, 1.82) is 0 Å². The summed E-state index contributed by atoms with van der Waals surface area (Å²) in [5, 5.41) is 15.7. The molecule has 1 aliphatic carbocycles. The van der Waals surface area contributed by atoms with Gasteiger partial charge in [0.25, 0.3) is 5.91 Å². The number of nitrogens with zero attached hydrogens (tertiary/aromatic N) is 1. The highest BCUT2D eigenvalue weighted by atomic mass is 35.5. The molecule has 6 nitrogen and oxygen atoms in total. The second-order valence-electron chi connectivity index (χ2n) is 7.68.